The van der Waals surface area contributed by atoms with E-state index in [-0.39, 0.29) is 24.8 Å². The van der Waals surface area contributed by atoms with Gasteiger partial charge in [-0.2, -0.15) is 18.3 Å². The molecule has 0 radical (unpaired) electrons. The first-order chi connectivity index (χ1) is 14.4. The van der Waals surface area contributed by atoms with Crippen molar-refractivity contribution in [2.45, 2.75) is 51.6 Å². The Morgan fingerprint density at radius 3 is 2.55 bits per heavy atom. The van der Waals surface area contributed by atoms with E-state index in [2.05, 4.69) is 5.10 Å². The number of carbonyl (C=O) groups excluding carboxylic acids is 1. The minimum Gasteiger partial charge on any atom is -0.462 e. The highest BCUT2D eigenvalue weighted by Gasteiger charge is 2.39. The number of sulfone groups is 1. The molecule has 1 aliphatic carbocycles. The molecule has 1 aromatic carbocycles. The highest BCUT2D eigenvalue weighted by molar-refractivity contribution is 7.91. The lowest BCUT2D eigenvalue weighted by Crippen LogP contribution is -2.23. The zero-order valence-electron chi connectivity index (χ0n) is 17.6. The molecule has 1 atom stereocenters. The maximum absolute atomic E-state index is 13.3. The van der Waals surface area contributed by atoms with E-state index in [9.17, 15) is 26.4 Å². The number of carbonyl (C=O) groups is 1. The maximum atomic E-state index is 13.3. The summed E-state index contributed by atoms with van der Waals surface area (Å²) < 4.78 is 70.1. The van der Waals surface area contributed by atoms with Crippen LogP contribution in [0.1, 0.15) is 53.5 Å². The van der Waals surface area contributed by atoms with E-state index in [4.69, 9.17) is 4.74 Å². The lowest BCUT2D eigenvalue weighted by molar-refractivity contribution is -0.142. The number of esters is 1. The van der Waals surface area contributed by atoms with Crippen LogP contribution in [0.5, 0.6) is 0 Å². The molecule has 1 aliphatic rings. The Hall–Kier alpha value is -2.36. The zero-order valence-corrected chi connectivity index (χ0v) is 18.4. The molecule has 0 unspecified atom stereocenters. The second-order valence-corrected chi connectivity index (χ2v) is 10.7. The van der Waals surface area contributed by atoms with Crippen LogP contribution in [0.4, 0.5) is 13.2 Å². The van der Waals surface area contributed by atoms with Crippen molar-refractivity contribution in [2.75, 3.05) is 12.4 Å². The molecule has 170 valence electrons. The van der Waals surface area contributed by atoms with E-state index in [1.54, 1.807) is 19.9 Å². The number of nitrogens with zero attached hydrogens (tertiary/aromatic N) is 2. The van der Waals surface area contributed by atoms with Crippen molar-refractivity contribution >= 4 is 15.8 Å². The molecule has 0 N–H and O–H groups in total. The van der Waals surface area contributed by atoms with Crippen molar-refractivity contribution in [3.05, 3.63) is 52.3 Å². The summed E-state index contributed by atoms with van der Waals surface area (Å²) in [6.07, 6.45) is -2.46. The quantitative estimate of drug-likeness (QED) is 0.592. The average Bonchev–Trinajstić information content (AvgIpc) is 3.24. The van der Waals surface area contributed by atoms with Gasteiger partial charge in [-0.3, -0.25) is 4.68 Å². The molecule has 0 fully saturated rings. The second kappa shape index (κ2) is 8.64. The minimum absolute atomic E-state index is 0.00500. The van der Waals surface area contributed by atoms with Gasteiger partial charge in [0.05, 0.1) is 24.2 Å². The third kappa shape index (κ3) is 5.28. The molecule has 31 heavy (non-hydrogen) atoms. The van der Waals surface area contributed by atoms with E-state index in [1.165, 1.54) is 6.92 Å². The first kappa shape index (κ1) is 23.3. The predicted octanol–water partition coefficient (Wildman–Crippen LogP) is 3.66. The lowest BCUT2D eigenvalue weighted by atomic mass is 10.1. The van der Waals surface area contributed by atoms with Crippen LogP contribution in [0.15, 0.2) is 24.4 Å². The zero-order chi connectivity index (χ0) is 23.0. The van der Waals surface area contributed by atoms with Gasteiger partial charge in [0.1, 0.15) is 5.56 Å². The molecule has 6 nitrogen and oxygen atoms in total. The van der Waals surface area contributed by atoms with Gasteiger partial charge in [-0.1, -0.05) is 18.2 Å². The Bertz CT molecular complexity index is 1070. The molecule has 0 aliphatic heterocycles. The summed E-state index contributed by atoms with van der Waals surface area (Å²) >= 11 is 0. The summed E-state index contributed by atoms with van der Waals surface area (Å²) in [4.78, 5) is 11.9. The van der Waals surface area contributed by atoms with Crippen molar-refractivity contribution < 1.29 is 31.1 Å². The predicted molar refractivity (Wildman–Crippen MR) is 109 cm³/mol. The number of rotatable bonds is 7. The van der Waals surface area contributed by atoms with E-state index in [0.29, 0.717) is 12.8 Å². The van der Waals surface area contributed by atoms with E-state index in [0.717, 1.165) is 27.6 Å². The number of benzene rings is 1. The van der Waals surface area contributed by atoms with Gasteiger partial charge in [-0.05, 0) is 56.2 Å². The van der Waals surface area contributed by atoms with E-state index < -0.39 is 38.5 Å². The van der Waals surface area contributed by atoms with Gasteiger partial charge >= 0.3 is 12.1 Å². The van der Waals surface area contributed by atoms with Crippen molar-refractivity contribution in [1.82, 2.24) is 9.78 Å². The summed E-state index contributed by atoms with van der Waals surface area (Å²) in [6.45, 7) is 4.85. The molecule has 3 rings (SSSR count). The minimum atomic E-state index is -4.78. The standard InChI is InChI=1S/C21H25F3N2O4S/c1-4-30-20(27)18-11-26(25-19(18)21(22,23)24)10-14-5-6-16-8-15(9-17(16)7-14)12-31(28,29)13(2)3/h5-7,11,13,15H,4,8-10,12H2,1-3H3/t15-/m1/s1. The van der Waals surface area contributed by atoms with Crippen LogP contribution in [0.25, 0.3) is 0 Å². The molecule has 0 amide bonds. The first-order valence-corrected chi connectivity index (χ1v) is 11.8. The number of halogens is 3. The number of fused-ring (bicyclic) bond motifs is 1. The van der Waals surface area contributed by atoms with Crippen molar-refractivity contribution in [3.8, 4) is 0 Å². The van der Waals surface area contributed by atoms with E-state index in [1.807, 2.05) is 12.1 Å². The van der Waals surface area contributed by atoms with Gasteiger partial charge < -0.3 is 4.74 Å². The maximum Gasteiger partial charge on any atom is 0.436 e. The smallest absolute Gasteiger partial charge is 0.436 e. The normalized spacial score (nSPS) is 16.5. The Balaban J connectivity index is 1.79. The topological polar surface area (TPSA) is 78.3 Å². The Labute approximate surface area is 179 Å². The summed E-state index contributed by atoms with van der Waals surface area (Å²) in [7, 11) is -3.15. The number of hydrogen-bond acceptors (Lipinski definition) is 5. The average molecular weight is 459 g/mol. The number of alkyl halides is 3. The third-order valence-electron chi connectivity index (χ3n) is 5.34. The highest BCUT2D eigenvalue weighted by Crippen LogP contribution is 2.32. The summed E-state index contributed by atoms with van der Waals surface area (Å²) in [5, 5.41) is 3.14. The van der Waals surface area contributed by atoms with Gasteiger partial charge in [0, 0.05) is 6.20 Å². The van der Waals surface area contributed by atoms with Gasteiger partial charge in [0.15, 0.2) is 15.5 Å². The highest BCUT2D eigenvalue weighted by atomic mass is 32.2. The van der Waals surface area contributed by atoms with Gasteiger partial charge in [0.25, 0.3) is 0 Å². The third-order valence-corrected chi connectivity index (χ3v) is 7.72. The van der Waals surface area contributed by atoms with Crippen LogP contribution in [0, 0.1) is 5.92 Å². The van der Waals surface area contributed by atoms with Gasteiger partial charge in [-0.25, -0.2) is 13.2 Å². The molecule has 0 saturated carbocycles. The fourth-order valence-corrected chi connectivity index (χ4v) is 5.03. The van der Waals surface area contributed by atoms with Crippen molar-refractivity contribution in [3.63, 3.8) is 0 Å². The van der Waals surface area contributed by atoms with Crippen LogP contribution < -0.4 is 0 Å². The fraction of sp³-hybridized carbons (Fsp3) is 0.524. The molecule has 0 spiro atoms. The largest absolute Gasteiger partial charge is 0.462 e. The molecule has 1 heterocycles. The monoisotopic (exact) mass is 458 g/mol. The SMILES string of the molecule is CCOC(=O)c1cn(Cc2ccc3c(c2)C[C@H](CS(=O)(=O)C(C)C)C3)nc1C(F)(F)F. The summed E-state index contributed by atoms with van der Waals surface area (Å²) in [5.41, 5.74) is 0.880. The summed E-state index contributed by atoms with van der Waals surface area (Å²) in [6, 6.07) is 5.54. The number of hydrogen-bond donors (Lipinski definition) is 0. The molecule has 1 aromatic heterocycles. The molecule has 0 bridgehead atoms. The Kier molecular flexibility index (Phi) is 6.50. The lowest BCUT2D eigenvalue weighted by Gasteiger charge is -2.12. The Morgan fingerprint density at radius 1 is 1.26 bits per heavy atom. The van der Waals surface area contributed by atoms with Crippen LogP contribution >= 0.6 is 0 Å². The van der Waals surface area contributed by atoms with E-state index >= 15 is 0 Å². The molecule has 10 heteroatoms. The van der Waals surface area contributed by atoms with Crippen molar-refractivity contribution in [1.29, 1.82) is 0 Å². The van der Waals surface area contributed by atoms with Gasteiger partial charge in [-0.15, -0.1) is 0 Å². The molecule has 2 aromatic rings. The summed E-state index contributed by atoms with van der Waals surface area (Å²) in [5.74, 6) is -0.954. The van der Waals surface area contributed by atoms with Crippen LogP contribution in [0.3, 0.4) is 0 Å². The number of ether oxygens (including phenoxy) is 1. The van der Waals surface area contributed by atoms with Crippen molar-refractivity contribution in [2.24, 2.45) is 5.92 Å². The molecular formula is C21H25F3N2O4S. The fourth-order valence-electron chi connectivity index (χ4n) is 3.76. The number of aromatic nitrogens is 2. The van der Waals surface area contributed by atoms with Gasteiger partial charge in [0.2, 0.25) is 0 Å². The molecule has 0 saturated heterocycles. The Morgan fingerprint density at radius 2 is 1.94 bits per heavy atom. The van der Waals surface area contributed by atoms with Crippen LogP contribution in [0.2, 0.25) is 0 Å². The second-order valence-electron chi connectivity index (χ2n) is 8.06. The molecular weight excluding hydrogens is 433 g/mol. The first-order valence-electron chi connectivity index (χ1n) is 10.0. The van der Waals surface area contributed by atoms with Crippen LogP contribution in [-0.4, -0.2) is 41.8 Å². The van der Waals surface area contributed by atoms with Crippen LogP contribution in [-0.2, 0) is 40.1 Å².